The van der Waals surface area contributed by atoms with Gasteiger partial charge in [0.2, 0.25) is 0 Å². The number of aryl methyl sites for hydroxylation is 1. The molecule has 0 saturated heterocycles. The Balaban J connectivity index is 1.95. The Morgan fingerprint density at radius 1 is 1.28 bits per heavy atom. The van der Waals surface area contributed by atoms with E-state index in [1.54, 1.807) is 6.20 Å². The summed E-state index contributed by atoms with van der Waals surface area (Å²) in [6.45, 7) is 0. The summed E-state index contributed by atoms with van der Waals surface area (Å²) >= 11 is 0. The number of carbonyl (C=O) groups excluding carboxylic acids is 1. The molecule has 1 unspecified atom stereocenters. The number of aromatic nitrogens is 1. The minimum Gasteiger partial charge on any atom is -0.377 e. The van der Waals surface area contributed by atoms with Crippen molar-refractivity contribution in [2.75, 3.05) is 5.32 Å². The second-order valence-corrected chi connectivity index (χ2v) is 4.52. The van der Waals surface area contributed by atoms with Gasteiger partial charge in [-0.15, -0.1) is 0 Å². The van der Waals surface area contributed by atoms with Crippen LogP contribution in [-0.2, 0) is 6.42 Å². The van der Waals surface area contributed by atoms with E-state index in [1.807, 2.05) is 24.4 Å². The van der Waals surface area contributed by atoms with Crippen molar-refractivity contribution < 1.29 is 4.79 Å². The minimum absolute atomic E-state index is 0.243. The highest BCUT2D eigenvalue weighted by Gasteiger charge is 2.20. The molecule has 90 valence electrons. The predicted octanol–water partition coefficient (Wildman–Crippen LogP) is 2.99. The van der Waals surface area contributed by atoms with Crippen LogP contribution < -0.4 is 5.32 Å². The van der Waals surface area contributed by atoms with Crippen molar-refractivity contribution in [1.82, 2.24) is 4.98 Å². The van der Waals surface area contributed by atoms with E-state index >= 15 is 0 Å². The number of nitrogens with one attached hydrogen (secondary N) is 1. The Hall–Kier alpha value is -2.16. The van der Waals surface area contributed by atoms with Gasteiger partial charge >= 0.3 is 0 Å². The lowest BCUT2D eigenvalue weighted by molar-refractivity contribution is 0.112. The summed E-state index contributed by atoms with van der Waals surface area (Å²) in [5.41, 5.74) is 4.11. The van der Waals surface area contributed by atoms with Gasteiger partial charge in [-0.3, -0.25) is 9.78 Å². The zero-order valence-electron chi connectivity index (χ0n) is 9.97. The monoisotopic (exact) mass is 238 g/mol. The fourth-order valence-electron chi connectivity index (χ4n) is 2.48. The molecule has 1 aromatic heterocycles. The molecule has 3 rings (SSSR count). The van der Waals surface area contributed by atoms with Gasteiger partial charge in [-0.25, -0.2) is 0 Å². The molecule has 2 heterocycles. The molecule has 2 aromatic rings. The van der Waals surface area contributed by atoms with Crippen LogP contribution >= 0.6 is 0 Å². The molecular formula is C15H14N2O. The predicted molar refractivity (Wildman–Crippen MR) is 70.8 cm³/mol. The van der Waals surface area contributed by atoms with Gasteiger partial charge in [0.15, 0.2) is 6.29 Å². The van der Waals surface area contributed by atoms with Crippen molar-refractivity contribution >= 4 is 12.0 Å². The van der Waals surface area contributed by atoms with Crippen LogP contribution in [0.5, 0.6) is 0 Å². The number of nitrogens with zero attached hydrogens (tertiary/aromatic N) is 1. The first-order valence-corrected chi connectivity index (χ1v) is 6.12. The van der Waals surface area contributed by atoms with Crippen LogP contribution in [-0.4, -0.2) is 11.3 Å². The van der Waals surface area contributed by atoms with Crippen LogP contribution in [0.1, 0.15) is 33.9 Å². The molecule has 1 N–H and O–H groups in total. The van der Waals surface area contributed by atoms with Gasteiger partial charge in [-0.1, -0.05) is 18.2 Å². The first-order chi connectivity index (χ1) is 8.88. The van der Waals surface area contributed by atoms with E-state index in [-0.39, 0.29) is 6.04 Å². The molecule has 0 saturated carbocycles. The van der Waals surface area contributed by atoms with E-state index in [9.17, 15) is 4.79 Å². The molecular weight excluding hydrogens is 224 g/mol. The first kappa shape index (κ1) is 11.0. The van der Waals surface area contributed by atoms with Gasteiger partial charge in [0.25, 0.3) is 0 Å². The number of fused-ring (bicyclic) bond motifs is 1. The van der Waals surface area contributed by atoms with Crippen molar-refractivity contribution in [3.8, 4) is 0 Å². The van der Waals surface area contributed by atoms with E-state index in [2.05, 4.69) is 22.4 Å². The number of rotatable bonds is 2. The van der Waals surface area contributed by atoms with Crippen LogP contribution in [0.15, 0.2) is 42.7 Å². The summed E-state index contributed by atoms with van der Waals surface area (Å²) in [7, 11) is 0. The molecule has 1 atom stereocenters. The third kappa shape index (κ3) is 1.88. The van der Waals surface area contributed by atoms with Crippen molar-refractivity contribution in [3.05, 3.63) is 59.4 Å². The molecule has 18 heavy (non-hydrogen) atoms. The highest BCUT2D eigenvalue weighted by atomic mass is 16.1. The molecule has 0 fully saturated rings. The van der Waals surface area contributed by atoms with E-state index in [1.165, 1.54) is 11.1 Å². The fraction of sp³-hybridized carbons (Fsp3) is 0.200. The van der Waals surface area contributed by atoms with E-state index in [4.69, 9.17) is 0 Å². The fourth-order valence-corrected chi connectivity index (χ4v) is 2.48. The largest absolute Gasteiger partial charge is 0.377 e. The molecule has 1 aliphatic rings. The quantitative estimate of drug-likeness (QED) is 0.818. The lowest BCUT2D eigenvalue weighted by atomic mass is 9.92. The van der Waals surface area contributed by atoms with Gasteiger partial charge < -0.3 is 5.32 Å². The summed E-state index contributed by atoms with van der Waals surface area (Å²) in [6.07, 6.45) is 6.59. The molecule has 1 aromatic carbocycles. The SMILES string of the molecule is O=Cc1cccc2c1NC(c1cccnc1)CC2. The van der Waals surface area contributed by atoms with Gasteiger partial charge in [0.1, 0.15) is 0 Å². The standard InChI is InChI=1S/C15H14N2O/c18-10-13-4-1-3-11-6-7-14(17-15(11)13)12-5-2-8-16-9-12/h1-5,8-10,14,17H,6-7H2. The molecule has 1 aliphatic heterocycles. The minimum atomic E-state index is 0.243. The van der Waals surface area contributed by atoms with Crippen LogP contribution in [0.3, 0.4) is 0 Å². The van der Waals surface area contributed by atoms with Crippen molar-refractivity contribution in [2.24, 2.45) is 0 Å². The molecule has 0 amide bonds. The second-order valence-electron chi connectivity index (χ2n) is 4.52. The number of anilines is 1. The molecule has 0 spiro atoms. The van der Waals surface area contributed by atoms with E-state index in [0.717, 1.165) is 30.4 Å². The molecule has 3 nitrogen and oxygen atoms in total. The smallest absolute Gasteiger partial charge is 0.152 e. The molecule has 3 heteroatoms. The average molecular weight is 238 g/mol. The zero-order valence-corrected chi connectivity index (χ0v) is 9.97. The Morgan fingerprint density at radius 3 is 3.00 bits per heavy atom. The first-order valence-electron chi connectivity index (χ1n) is 6.12. The second kappa shape index (κ2) is 4.61. The normalized spacial score (nSPS) is 17.7. The third-order valence-electron chi connectivity index (χ3n) is 3.42. The summed E-state index contributed by atoms with van der Waals surface area (Å²) in [6, 6.07) is 10.1. The maximum absolute atomic E-state index is 11.1. The number of benzene rings is 1. The highest BCUT2D eigenvalue weighted by molar-refractivity contribution is 5.86. The maximum atomic E-state index is 11.1. The summed E-state index contributed by atoms with van der Waals surface area (Å²) in [4.78, 5) is 15.2. The highest BCUT2D eigenvalue weighted by Crippen LogP contribution is 2.33. The Morgan fingerprint density at radius 2 is 2.22 bits per heavy atom. The maximum Gasteiger partial charge on any atom is 0.152 e. The number of para-hydroxylation sites is 1. The number of hydrogen-bond acceptors (Lipinski definition) is 3. The van der Waals surface area contributed by atoms with Gasteiger partial charge in [0, 0.05) is 23.6 Å². The van der Waals surface area contributed by atoms with Crippen LogP contribution in [0, 0.1) is 0 Å². The van der Waals surface area contributed by atoms with Crippen LogP contribution in [0.4, 0.5) is 5.69 Å². The number of carbonyl (C=O) groups is 1. The lowest BCUT2D eigenvalue weighted by Gasteiger charge is -2.28. The Bertz CT molecular complexity index is 566. The van der Waals surface area contributed by atoms with Gasteiger partial charge in [-0.05, 0) is 36.1 Å². The zero-order chi connectivity index (χ0) is 12.4. The summed E-state index contributed by atoms with van der Waals surface area (Å²) in [5, 5.41) is 3.46. The summed E-state index contributed by atoms with van der Waals surface area (Å²) < 4.78 is 0. The summed E-state index contributed by atoms with van der Waals surface area (Å²) in [5.74, 6) is 0. The Kier molecular flexibility index (Phi) is 2.81. The topological polar surface area (TPSA) is 42.0 Å². The number of pyridine rings is 1. The van der Waals surface area contributed by atoms with Gasteiger partial charge in [0.05, 0.1) is 6.04 Å². The van der Waals surface area contributed by atoms with Crippen molar-refractivity contribution in [3.63, 3.8) is 0 Å². The molecule has 0 aliphatic carbocycles. The van der Waals surface area contributed by atoms with Crippen molar-refractivity contribution in [1.29, 1.82) is 0 Å². The number of aldehydes is 1. The van der Waals surface area contributed by atoms with Crippen LogP contribution in [0.2, 0.25) is 0 Å². The molecule has 0 bridgehead atoms. The van der Waals surface area contributed by atoms with Crippen LogP contribution in [0.25, 0.3) is 0 Å². The lowest BCUT2D eigenvalue weighted by Crippen LogP contribution is -2.19. The van der Waals surface area contributed by atoms with E-state index in [0.29, 0.717) is 0 Å². The average Bonchev–Trinajstić information content (AvgIpc) is 2.47. The third-order valence-corrected chi connectivity index (χ3v) is 3.42. The van der Waals surface area contributed by atoms with Gasteiger partial charge in [-0.2, -0.15) is 0 Å². The van der Waals surface area contributed by atoms with Crippen molar-refractivity contribution in [2.45, 2.75) is 18.9 Å². The molecule has 0 radical (unpaired) electrons. The number of hydrogen-bond donors (Lipinski definition) is 1. The van der Waals surface area contributed by atoms with E-state index < -0.39 is 0 Å². The Labute approximate surface area is 106 Å².